The summed E-state index contributed by atoms with van der Waals surface area (Å²) in [4.78, 5) is 13.2. The van der Waals surface area contributed by atoms with Gasteiger partial charge in [-0.15, -0.1) is 0 Å². The molecule has 0 amide bonds. The van der Waals surface area contributed by atoms with Crippen LogP contribution in [-0.4, -0.2) is 42.2 Å². The smallest absolute Gasteiger partial charge is 0.335 e. The Balaban J connectivity index is 1.67. The zero-order valence-corrected chi connectivity index (χ0v) is 12.2. The zero-order valence-electron chi connectivity index (χ0n) is 12.2. The molecule has 0 aliphatic carbocycles. The van der Waals surface area contributed by atoms with Crippen LogP contribution in [-0.2, 0) is 0 Å². The van der Waals surface area contributed by atoms with E-state index in [1.54, 1.807) is 24.3 Å². The molecule has 0 saturated carbocycles. The van der Waals surface area contributed by atoms with Gasteiger partial charge in [0.15, 0.2) is 0 Å². The Morgan fingerprint density at radius 3 is 2.40 bits per heavy atom. The van der Waals surface area contributed by atoms with Crippen LogP contribution in [0.1, 0.15) is 30.6 Å². The van der Waals surface area contributed by atoms with E-state index in [0.717, 1.165) is 30.6 Å². The number of carbonyl (C=O) groups is 1. The van der Waals surface area contributed by atoms with E-state index in [9.17, 15) is 4.79 Å². The van der Waals surface area contributed by atoms with Gasteiger partial charge in [0, 0.05) is 19.6 Å². The first-order chi connectivity index (χ1) is 9.56. The number of ether oxygens (including phenoxy) is 1. The minimum absolute atomic E-state index is 0.289. The lowest BCUT2D eigenvalue weighted by Gasteiger charge is -2.15. The van der Waals surface area contributed by atoms with Crippen molar-refractivity contribution in [2.45, 2.75) is 20.3 Å². The van der Waals surface area contributed by atoms with Crippen LogP contribution < -0.4 is 4.74 Å². The topological polar surface area (TPSA) is 49.8 Å². The number of rotatable bonds is 6. The summed E-state index contributed by atoms with van der Waals surface area (Å²) in [5.74, 6) is 1.41. The summed E-state index contributed by atoms with van der Waals surface area (Å²) in [6.07, 6.45) is 1.00. The number of nitrogens with zero attached hydrogens (tertiary/aromatic N) is 1. The van der Waals surface area contributed by atoms with Crippen LogP contribution in [0.4, 0.5) is 0 Å². The van der Waals surface area contributed by atoms with E-state index in [2.05, 4.69) is 18.7 Å². The van der Waals surface area contributed by atoms with E-state index in [-0.39, 0.29) is 5.56 Å². The lowest BCUT2D eigenvalue weighted by atomic mass is 10.0. The first kappa shape index (κ1) is 14.9. The highest BCUT2D eigenvalue weighted by atomic mass is 16.5. The first-order valence-electron chi connectivity index (χ1n) is 7.25. The molecule has 1 saturated heterocycles. The van der Waals surface area contributed by atoms with Crippen molar-refractivity contribution < 1.29 is 14.6 Å². The molecule has 2 atom stereocenters. The fourth-order valence-corrected chi connectivity index (χ4v) is 2.60. The third kappa shape index (κ3) is 3.97. The molecule has 110 valence electrons. The monoisotopic (exact) mass is 277 g/mol. The summed E-state index contributed by atoms with van der Waals surface area (Å²) in [6.45, 7) is 8.74. The van der Waals surface area contributed by atoms with Crippen molar-refractivity contribution in [1.29, 1.82) is 0 Å². The van der Waals surface area contributed by atoms with Crippen LogP contribution in [0.15, 0.2) is 24.3 Å². The normalized spacial score (nSPS) is 22.9. The Labute approximate surface area is 120 Å². The average Bonchev–Trinajstić information content (AvgIpc) is 2.74. The van der Waals surface area contributed by atoms with Crippen LogP contribution in [0.5, 0.6) is 5.75 Å². The molecule has 4 nitrogen and oxygen atoms in total. The van der Waals surface area contributed by atoms with Gasteiger partial charge in [-0.2, -0.15) is 0 Å². The predicted molar refractivity (Wildman–Crippen MR) is 78.3 cm³/mol. The first-order valence-corrected chi connectivity index (χ1v) is 7.25. The average molecular weight is 277 g/mol. The fourth-order valence-electron chi connectivity index (χ4n) is 2.60. The molecule has 1 heterocycles. The summed E-state index contributed by atoms with van der Waals surface area (Å²) in [5.41, 5.74) is 0.289. The molecule has 1 N–H and O–H groups in total. The van der Waals surface area contributed by atoms with E-state index in [4.69, 9.17) is 9.84 Å². The summed E-state index contributed by atoms with van der Waals surface area (Å²) in [5, 5.41) is 8.81. The molecular formula is C16H23NO3. The van der Waals surface area contributed by atoms with E-state index in [1.165, 1.54) is 13.1 Å². The number of benzene rings is 1. The van der Waals surface area contributed by atoms with Crippen LogP contribution in [0, 0.1) is 11.8 Å². The summed E-state index contributed by atoms with van der Waals surface area (Å²) in [6, 6.07) is 6.57. The van der Waals surface area contributed by atoms with Crippen molar-refractivity contribution in [1.82, 2.24) is 4.90 Å². The van der Waals surface area contributed by atoms with Gasteiger partial charge in [-0.05, 0) is 42.5 Å². The van der Waals surface area contributed by atoms with E-state index in [1.807, 2.05) is 0 Å². The van der Waals surface area contributed by atoms with Gasteiger partial charge in [0.05, 0.1) is 12.2 Å². The van der Waals surface area contributed by atoms with Crippen molar-refractivity contribution in [3.63, 3.8) is 0 Å². The van der Waals surface area contributed by atoms with Gasteiger partial charge in [-0.1, -0.05) is 13.8 Å². The number of hydrogen-bond acceptors (Lipinski definition) is 3. The van der Waals surface area contributed by atoms with Crippen LogP contribution in [0.2, 0.25) is 0 Å². The van der Waals surface area contributed by atoms with Crippen molar-refractivity contribution in [3.8, 4) is 5.75 Å². The molecule has 1 aliphatic rings. The van der Waals surface area contributed by atoms with Crippen molar-refractivity contribution in [3.05, 3.63) is 29.8 Å². The minimum atomic E-state index is -0.908. The Morgan fingerprint density at radius 1 is 1.25 bits per heavy atom. The maximum Gasteiger partial charge on any atom is 0.335 e. The van der Waals surface area contributed by atoms with Gasteiger partial charge < -0.3 is 14.7 Å². The fraction of sp³-hybridized carbons (Fsp3) is 0.562. The molecule has 1 aliphatic heterocycles. The standard InChI is InChI=1S/C16H23NO3/c1-12-10-17(11-13(12)2)8-3-9-20-15-6-4-14(5-7-15)16(18)19/h4-7,12-13H,3,8-11H2,1-2H3,(H,18,19). The van der Waals surface area contributed by atoms with E-state index >= 15 is 0 Å². The number of carboxylic acid groups (broad SMARTS) is 1. The number of likely N-dealkylation sites (tertiary alicyclic amines) is 1. The predicted octanol–water partition coefficient (Wildman–Crippen LogP) is 2.74. The molecule has 1 aromatic carbocycles. The maximum absolute atomic E-state index is 10.7. The van der Waals surface area contributed by atoms with Gasteiger partial charge in [0.2, 0.25) is 0 Å². The summed E-state index contributed by atoms with van der Waals surface area (Å²) < 4.78 is 5.63. The molecule has 0 aromatic heterocycles. The van der Waals surface area contributed by atoms with Crippen LogP contribution in [0.3, 0.4) is 0 Å². The third-order valence-electron chi connectivity index (χ3n) is 4.05. The van der Waals surface area contributed by atoms with Crippen molar-refractivity contribution >= 4 is 5.97 Å². The molecule has 20 heavy (non-hydrogen) atoms. The summed E-state index contributed by atoms with van der Waals surface area (Å²) >= 11 is 0. The second kappa shape index (κ2) is 6.75. The van der Waals surface area contributed by atoms with Crippen molar-refractivity contribution in [2.75, 3.05) is 26.2 Å². The lowest BCUT2D eigenvalue weighted by Crippen LogP contribution is -2.23. The van der Waals surface area contributed by atoms with Gasteiger partial charge in [0.1, 0.15) is 5.75 Å². The molecule has 0 radical (unpaired) electrons. The van der Waals surface area contributed by atoms with Gasteiger partial charge in [-0.25, -0.2) is 4.79 Å². The molecule has 2 unspecified atom stereocenters. The second-order valence-electron chi connectivity index (χ2n) is 5.75. The van der Waals surface area contributed by atoms with Gasteiger partial charge in [0.25, 0.3) is 0 Å². The number of aromatic carboxylic acids is 1. The molecule has 1 fully saturated rings. The molecule has 4 heteroatoms. The second-order valence-corrected chi connectivity index (χ2v) is 5.75. The van der Waals surface area contributed by atoms with E-state index in [0.29, 0.717) is 6.61 Å². The van der Waals surface area contributed by atoms with Gasteiger partial charge >= 0.3 is 5.97 Å². The van der Waals surface area contributed by atoms with Gasteiger partial charge in [-0.3, -0.25) is 0 Å². The molecule has 0 spiro atoms. The largest absolute Gasteiger partial charge is 0.494 e. The number of carboxylic acids is 1. The highest BCUT2D eigenvalue weighted by molar-refractivity contribution is 5.87. The molecular weight excluding hydrogens is 254 g/mol. The zero-order chi connectivity index (χ0) is 14.5. The molecule has 0 bridgehead atoms. The molecule has 2 rings (SSSR count). The maximum atomic E-state index is 10.7. The number of hydrogen-bond donors (Lipinski definition) is 1. The SMILES string of the molecule is CC1CN(CCCOc2ccc(C(=O)O)cc2)CC1C. The van der Waals surface area contributed by atoms with Crippen molar-refractivity contribution in [2.24, 2.45) is 11.8 Å². The third-order valence-corrected chi connectivity index (χ3v) is 4.05. The highest BCUT2D eigenvalue weighted by Gasteiger charge is 2.25. The quantitative estimate of drug-likeness (QED) is 0.812. The molecule has 1 aromatic rings. The van der Waals surface area contributed by atoms with E-state index < -0.39 is 5.97 Å². The van der Waals surface area contributed by atoms with Crippen LogP contribution >= 0.6 is 0 Å². The minimum Gasteiger partial charge on any atom is -0.494 e. The Bertz CT molecular complexity index is 434. The highest BCUT2D eigenvalue weighted by Crippen LogP contribution is 2.22. The summed E-state index contributed by atoms with van der Waals surface area (Å²) in [7, 11) is 0. The Morgan fingerprint density at radius 2 is 1.85 bits per heavy atom. The van der Waals surface area contributed by atoms with Crippen LogP contribution in [0.25, 0.3) is 0 Å². The lowest BCUT2D eigenvalue weighted by molar-refractivity contribution is 0.0697. The Kier molecular flexibility index (Phi) is 5.01. The Hall–Kier alpha value is -1.55.